The number of hydrogen-bond acceptors (Lipinski definition) is 9. The third kappa shape index (κ3) is 4.16. The second-order valence-corrected chi connectivity index (χ2v) is 9.84. The first-order chi connectivity index (χ1) is 15.7. The monoisotopic (exact) mass is 549 g/mol. The molecule has 170 valence electrons. The average Bonchev–Trinajstić information content (AvgIpc) is 3.38. The first-order valence-electron chi connectivity index (χ1n) is 9.62. The minimum absolute atomic E-state index is 0.107. The van der Waals surface area contributed by atoms with Crippen LogP contribution in [0.2, 0.25) is 0 Å². The van der Waals surface area contributed by atoms with Crippen molar-refractivity contribution in [1.29, 1.82) is 0 Å². The molecule has 1 aliphatic heterocycles. The zero-order valence-corrected chi connectivity index (χ0v) is 20.5. The number of allylic oxidation sites excluding steroid dienone is 1. The first kappa shape index (κ1) is 23.1. The van der Waals surface area contributed by atoms with Crippen LogP contribution >= 0.6 is 38.6 Å². The number of nitrogens with zero attached hydrogens (tertiary/aromatic N) is 3. The van der Waals surface area contributed by atoms with Gasteiger partial charge in [-0.25, -0.2) is 9.79 Å². The number of carbonyl (C=O) groups excluding carboxylic acids is 1. The number of esters is 1. The molecule has 3 heterocycles. The van der Waals surface area contributed by atoms with Crippen LogP contribution in [0.4, 0.5) is 5.69 Å². The molecule has 0 fully saturated rings. The standard InChI is InChI=1S/C21H16BrN3O6S2/c1-3-31-20(28)16-10(2)23-21-24(17(16)14-5-4-6-32-14)19(27)15(33-21)8-11-7-12(22)9-13(18(11)26)25(29)30/h4-9,17,26H,3H2,1-2H3/b15-8-/t17-/m0/s1. The molecule has 0 unspecified atom stereocenters. The molecule has 4 rings (SSSR count). The van der Waals surface area contributed by atoms with Crippen LogP contribution in [0.15, 0.2) is 55.2 Å². The number of halogens is 1. The van der Waals surface area contributed by atoms with Crippen molar-refractivity contribution in [3.63, 3.8) is 0 Å². The van der Waals surface area contributed by atoms with Crippen LogP contribution in [-0.2, 0) is 9.53 Å². The van der Waals surface area contributed by atoms with Crippen molar-refractivity contribution in [1.82, 2.24) is 4.57 Å². The number of nitro benzene ring substituents is 1. The number of ether oxygens (including phenoxy) is 1. The highest BCUT2D eigenvalue weighted by Gasteiger charge is 2.34. The molecule has 0 amide bonds. The van der Waals surface area contributed by atoms with E-state index in [1.165, 1.54) is 34.1 Å². The largest absolute Gasteiger partial charge is 0.502 e. The van der Waals surface area contributed by atoms with E-state index < -0.39 is 33.9 Å². The molecule has 9 nitrogen and oxygen atoms in total. The Hall–Kier alpha value is -3.09. The van der Waals surface area contributed by atoms with Gasteiger partial charge in [0, 0.05) is 21.0 Å². The lowest BCUT2D eigenvalue weighted by atomic mass is 10.0. The van der Waals surface area contributed by atoms with Crippen LogP contribution in [0.3, 0.4) is 0 Å². The quantitative estimate of drug-likeness (QED) is 0.296. The van der Waals surface area contributed by atoms with Gasteiger partial charge < -0.3 is 9.84 Å². The molecule has 0 saturated heterocycles. The number of benzene rings is 1. The number of phenolic OH excluding ortho intramolecular Hbond substituents is 1. The van der Waals surface area contributed by atoms with Crippen molar-refractivity contribution in [2.24, 2.45) is 4.99 Å². The Morgan fingerprint density at radius 3 is 2.85 bits per heavy atom. The summed E-state index contributed by atoms with van der Waals surface area (Å²) in [7, 11) is 0. The van der Waals surface area contributed by atoms with E-state index in [4.69, 9.17) is 4.74 Å². The van der Waals surface area contributed by atoms with Crippen LogP contribution in [-0.4, -0.2) is 27.2 Å². The van der Waals surface area contributed by atoms with E-state index in [-0.39, 0.29) is 22.3 Å². The summed E-state index contributed by atoms with van der Waals surface area (Å²) in [5, 5.41) is 23.5. The van der Waals surface area contributed by atoms with E-state index in [2.05, 4.69) is 20.9 Å². The predicted octanol–water partition coefficient (Wildman–Crippen LogP) is 3.24. The van der Waals surface area contributed by atoms with Gasteiger partial charge in [-0.15, -0.1) is 11.3 Å². The third-order valence-corrected chi connectivity index (χ3v) is 7.26. The fourth-order valence-corrected chi connectivity index (χ4v) is 5.83. The Bertz CT molecular complexity index is 1490. The van der Waals surface area contributed by atoms with Gasteiger partial charge in [-0.05, 0) is 37.4 Å². The number of carbonyl (C=O) groups is 1. The van der Waals surface area contributed by atoms with Crippen LogP contribution in [0, 0.1) is 10.1 Å². The molecule has 33 heavy (non-hydrogen) atoms. The van der Waals surface area contributed by atoms with Crippen molar-refractivity contribution in [2.45, 2.75) is 19.9 Å². The van der Waals surface area contributed by atoms with Crippen molar-refractivity contribution in [3.8, 4) is 5.75 Å². The molecular weight excluding hydrogens is 534 g/mol. The van der Waals surface area contributed by atoms with Gasteiger partial charge in [0.15, 0.2) is 4.80 Å². The SMILES string of the molecule is CCOC(=O)C1=C(C)N=c2s/c(=C\c3cc(Br)cc([N+](=O)[O-])c3O)c(=O)n2[C@H]1c1cccs1. The van der Waals surface area contributed by atoms with Gasteiger partial charge in [0.25, 0.3) is 5.56 Å². The Balaban J connectivity index is 1.97. The van der Waals surface area contributed by atoms with Gasteiger partial charge in [-0.3, -0.25) is 19.5 Å². The van der Waals surface area contributed by atoms with Gasteiger partial charge in [-0.2, -0.15) is 0 Å². The summed E-state index contributed by atoms with van der Waals surface area (Å²) in [6.07, 6.45) is 1.38. The van der Waals surface area contributed by atoms with Crippen LogP contribution < -0.4 is 14.9 Å². The zero-order valence-electron chi connectivity index (χ0n) is 17.3. The summed E-state index contributed by atoms with van der Waals surface area (Å²) < 4.78 is 7.23. The molecular formula is C21H16BrN3O6S2. The Morgan fingerprint density at radius 1 is 1.45 bits per heavy atom. The highest BCUT2D eigenvalue weighted by atomic mass is 79.9. The number of thiophene rings is 1. The predicted molar refractivity (Wildman–Crippen MR) is 127 cm³/mol. The van der Waals surface area contributed by atoms with Gasteiger partial charge in [0.1, 0.15) is 6.04 Å². The summed E-state index contributed by atoms with van der Waals surface area (Å²) in [6, 6.07) is 5.60. The molecule has 0 aliphatic carbocycles. The summed E-state index contributed by atoms with van der Waals surface area (Å²) >= 11 is 5.66. The van der Waals surface area contributed by atoms with Crippen LogP contribution in [0.5, 0.6) is 5.75 Å². The lowest BCUT2D eigenvalue weighted by Crippen LogP contribution is -2.39. The number of aromatic hydroxyl groups is 1. The van der Waals surface area contributed by atoms with E-state index in [1.54, 1.807) is 13.8 Å². The minimum atomic E-state index is -0.715. The van der Waals surface area contributed by atoms with Crippen molar-refractivity contribution >= 4 is 56.3 Å². The molecule has 2 aromatic heterocycles. The fraction of sp³-hybridized carbons (Fsp3) is 0.190. The number of rotatable bonds is 5. The number of hydrogen-bond donors (Lipinski definition) is 1. The van der Waals surface area contributed by atoms with E-state index >= 15 is 0 Å². The van der Waals surface area contributed by atoms with Gasteiger partial charge in [-0.1, -0.05) is 33.3 Å². The maximum absolute atomic E-state index is 13.5. The van der Waals surface area contributed by atoms with E-state index in [1.807, 2.05) is 17.5 Å². The zero-order chi connectivity index (χ0) is 23.9. The average molecular weight is 550 g/mol. The second kappa shape index (κ2) is 9.04. The Labute approximate surface area is 202 Å². The Morgan fingerprint density at radius 2 is 2.21 bits per heavy atom. The molecule has 0 radical (unpaired) electrons. The second-order valence-electron chi connectivity index (χ2n) is 6.94. The molecule has 12 heteroatoms. The Kier molecular flexibility index (Phi) is 6.32. The number of nitro groups is 1. The third-order valence-electron chi connectivity index (χ3n) is 4.90. The lowest BCUT2D eigenvalue weighted by Gasteiger charge is -2.23. The van der Waals surface area contributed by atoms with Crippen molar-refractivity contribution in [2.75, 3.05) is 6.61 Å². The summed E-state index contributed by atoms with van der Waals surface area (Å²) in [5.41, 5.74) is -0.0936. The number of phenols is 1. The molecule has 1 atom stereocenters. The topological polar surface area (TPSA) is 124 Å². The van der Waals surface area contributed by atoms with Crippen molar-refractivity contribution in [3.05, 3.63) is 85.6 Å². The number of aromatic nitrogens is 1. The molecule has 1 aliphatic rings. The highest BCUT2D eigenvalue weighted by molar-refractivity contribution is 9.10. The minimum Gasteiger partial charge on any atom is -0.502 e. The van der Waals surface area contributed by atoms with E-state index in [0.717, 1.165) is 16.2 Å². The molecule has 1 aromatic carbocycles. The molecule has 0 spiro atoms. The summed E-state index contributed by atoms with van der Waals surface area (Å²) in [5.74, 6) is -1.10. The first-order valence-corrected chi connectivity index (χ1v) is 12.1. The van der Waals surface area contributed by atoms with Crippen LogP contribution in [0.1, 0.15) is 30.3 Å². The van der Waals surface area contributed by atoms with E-state index in [9.17, 15) is 24.8 Å². The summed E-state index contributed by atoms with van der Waals surface area (Å²) in [4.78, 5) is 42.4. The van der Waals surface area contributed by atoms with Gasteiger partial charge >= 0.3 is 11.7 Å². The van der Waals surface area contributed by atoms with Gasteiger partial charge in [0.2, 0.25) is 5.75 Å². The molecule has 3 aromatic rings. The fourth-order valence-electron chi connectivity index (χ4n) is 3.50. The summed E-state index contributed by atoms with van der Waals surface area (Å²) in [6.45, 7) is 3.57. The lowest BCUT2D eigenvalue weighted by molar-refractivity contribution is -0.385. The smallest absolute Gasteiger partial charge is 0.338 e. The number of fused-ring (bicyclic) bond motifs is 1. The maximum Gasteiger partial charge on any atom is 0.338 e. The molecule has 1 N–H and O–H groups in total. The van der Waals surface area contributed by atoms with Crippen molar-refractivity contribution < 1.29 is 19.6 Å². The maximum atomic E-state index is 13.5. The number of thiazole rings is 1. The normalized spacial score (nSPS) is 15.8. The van der Waals surface area contributed by atoms with Gasteiger partial charge in [0.05, 0.1) is 27.3 Å². The molecule has 0 bridgehead atoms. The van der Waals surface area contributed by atoms with Crippen LogP contribution in [0.25, 0.3) is 6.08 Å². The van der Waals surface area contributed by atoms with E-state index in [0.29, 0.717) is 15.0 Å². The highest BCUT2D eigenvalue weighted by Crippen LogP contribution is 2.35. The molecule has 0 saturated carbocycles.